The van der Waals surface area contributed by atoms with Gasteiger partial charge in [0.15, 0.2) is 0 Å². The molecule has 4 heterocycles. The zero-order valence-corrected chi connectivity index (χ0v) is 20.2. The summed E-state index contributed by atoms with van der Waals surface area (Å²) < 4.78 is 8.78. The zero-order chi connectivity index (χ0) is 24.0. The van der Waals surface area contributed by atoms with Crippen LogP contribution in [0.3, 0.4) is 0 Å². The predicted molar refractivity (Wildman–Crippen MR) is 143 cm³/mol. The third kappa shape index (κ3) is 3.88. The van der Waals surface area contributed by atoms with Gasteiger partial charge in [0.1, 0.15) is 35.0 Å². The molecule has 1 fully saturated rings. The Balaban J connectivity index is 1.31. The molecule has 0 spiro atoms. The van der Waals surface area contributed by atoms with Crippen molar-refractivity contribution in [2.75, 3.05) is 25.1 Å². The van der Waals surface area contributed by atoms with Gasteiger partial charge in [-0.2, -0.15) is 4.99 Å². The van der Waals surface area contributed by atoms with Gasteiger partial charge in [0.2, 0.25) is 0 Å². The molecule has 35 heavy (non-hydrogen) atoms. The van der Waals surface area contributed by atoms with Crippen LogP contribution in [-0.4, -0.2) is 43.9 Å². The van der Waals surface area contributed by atoms with Crippen molar-refractivity contribution in [3.05, 3.63) is 79.0 Å². The van der Waals surface area contributed by atoms with Crippen LogP contribution in [0.15, 0.2) is 78.4 Å². The number of benzene rings is 2. The molecule has 1 aliphatic rings. The average Bonchev–Trinajstić information content (AvgIpc) is 3.48. The monoisotopic (exact) mass is 482 g/mol. The first-order chi connectivity index (χ1) is 17.0. The normalized spacial score (nSPS) is 19.1. The number of aryl methyl sites for hydroxylation is 1. The van der Waals surface area contributed by atoms with Crippen LogP contribution in [0.4, 0.5) is 17.2 Å². The fraction of sp³-hybridized carbons (Fsp3) is 0.154. The third-order valence-electron chi connectivity index (χ3n) is 6.39. The van der Waals surface area contributed by atoms with E-state index in [2.05, 4.69) is 41.1 Å². The number of rotatable bonds is 4. The Bertz CT molecular complexity index is 1610. The molecule has 1 unspecified atom stereocenters. The van der Waals surface area contributed by atoms with Crippen molar-refractivity contribution in [2.24, 2.45) is 4.99 Å². The van der Waals surface area contributed by atoms with Gasteiger partial charge in [-0.3, -0.25) is 0 Å². The Morgan fingerprint density at radius 2 is 1.97 bits per heavy atom. The standard InChI is InChI=1S/C26H24N7OS/c1-17-13-19(4-6-23(17)34-20-7-9-32-10-8-28-24(32)15-20)33(2)11-12-35-26(33)31-18-3-5-22-21(14-18)25(27)30-16-29-22/h3-10,13-16H,11-12H2,1-2H3,(H2,27,29,30)/q+1. The number of nitrogen functional groups attached to an aromatic ring is 1. The molecule has 174 valence electrons. The molecule has 2 aromatic carbocycles. The molecule has 1 atom stereocenters. The van der Waals surface area contributed by atoms with Crippen LogP contribution in [0.2, 0.25) is 0 Å². The molecule has 0 saturated carbocycles. The number of nitrogens with two attached hydrogens (primary N) is 1. The van der Waals surface area contributed by atoms with Crippen LogP contribution in [0, 0.1) is 6.92 Å². The molecular weight excluding hydrogens is 458 g/mol. The van der Waals surface area contributed by atoms with E-state index < -0.39 is 0 Å². The summed E-state index contributed by atoms with van der Waals surface area (Å²) in [5.41, 5.74) is 10.8. The maximum atomic E-state index is 6.19. The molecule has 8 nitrogen and oxygen atoms in total. The zero-order valence-electron chi connectivity index (χ0n) is 19.4. The summed E-state index contributed by atoms with van der Waals surface area (Å²) in [6.07, 6.45) is 7.12. The fourth-order valence-corrected chi connectivity index (χ4v) is 5.61. The van der Waals surface area contributed by atoms with E-state index in [1.165, 1.54) is 12.0 Å². The summed E-state index contributed by atoms with van der Waals surface area (Å²) in [6.45, 7) is 3.03. The Hall–Kier alpha value is -3.95. The molecule has 1 saturated heterocycles. The highest BCUT2D eigenvalue weighted by molar-refractivity contribution is 8.14. The summed E-state index contributed by atoms with van der Waals surface area (Å²) in [5.74, 6) is 3.05. The van der Waals surface area contributed by atoms with Crippen molar-refractivity contribution in [1.82, 2.24) is 23.8 Å². The van der Waals surface area contributed by atoms with Crippen LogP contribution in [-0.2, 0) is 0 Å². The number of aromatic nitrogens is 4. The van der Waals surface area contributed by atoms with E-state index in [0.717, 1.165) is 56.8 Å². The first-order valence-corrected chi connectivity index (χ1v) is 12.3. The largest absolute Gasteiger partial charge is 0.457 e. The molecule has 3 aromatic heterocycles. The molecular formula is C26H24N7OS+. The number of ether oxygens (including phenoxy) is 1. The second-order valence-electron chi connectivity index (χ2n) is 8.73. The Kier molecular flexibility index (Phi) is 5.16. The number of imidazole rings is 1. The number of hydrogen-bond donors (Lipinski definition) is 1. The number of aliphatic imine (C=N–C) groups is 1. The van der Waals surface area contributed by atoms with Crippen molar-refractivity contribution >= 4 is 50.7 Å². The summed E-state index contributed by atoms with van der Waals surface area (Å²) in [4.78, 5) is 17.8. The van der Waals surface area contributed by atoms with E-state index in [1.807, 2.05) is 53.2 Å². The number of amidine groups is 1. The summed E-state index contributed by atoms with van der Waals surface area (Å²) in [5, 5.41) is 1.86. The summed E-state index contributed by atoms with van der Waals surface area (Å²) in [6, 6.07) is 16.1. The van der Waals surface area contributed by atoms with Gasteiger partial charge in [0.05, 0.1) is 30.5 Å². The lowest BCUT2D eigenvalue weighted by Gasteiger charge is -2.28. The van der Waals surface area contributed by atoms with E-state index >= 15 is 0 Å². The molecule has 9 heteroatoms. The van der Waals surface area contributed by atoms with Crippen molar-refractivity contribution < 1.29 is 4.74 Å². The Morgan fingerprint density at radius 3 is 2.86 bits per heavy atom. The van der Waals surface area contributed by atoms with Gasteiger partial charge in [-0.25, -0.2) is 19.4 Å². The second kappa shape index (κ2) is 8.37. The van der Waals surface area contributed by atoms with E-state index in [9.17, 15) is 0 Å². The van der Waals surface area contributed by atoms with Gasteiger partial charge in [-0.1, -0.05) is 0 Å². The third-order valence-corrected chi connectivity index (χ3v) is 7.53. The van der Waals surface area contributed by atoms with Crippen LogP contribution in [0.5, 0.6) is 11.5 Å². The molecule has 6 rings (SSSR count). The highest BCUT2D eigenvalue weighted by Crippen LogP contribution is 2.37. The number of nitrogens with zero attached hydrogens (tertiary/aromatic N) is 6. The topological polar surface area (TPSA) is 90.7 Å². The summed E-state index contributed by atoms with van der Waals surface area (Å²) in [7, 11) is 2.21. The number of anilines is 1. The van der Waals surface area contributed by atoms with Crippen LogP contribution in [0.1, 0.15) is 5.56 Å². The Labute approximate surface area is 206 Å². The maximum Gasteiger partial charge on any atom is 0.269 e. The first-order valence-electron chi connectivity index (χ1n) is 11.3. The lowest BCUT2D eigenvalue weighted by Crippen LogP contribution is -2.45. The lowest BCUT2D eigenvalue weighted by molar-refractivity contribution is 0.477. The molecule has 0 aliphatic carbocycles. The van der Waals surface area contributed by atoms with Gasteiger partial charge in [0.25, 0.3) is 5.17 Å². The van der Waals surface area contributed by atoms with E-state index in [-0.39, 0.29) is 0 Å². The number of pyridine rings is 1. The average molecular weight is 483 g/mol. The number of fused-ring (bicyclic) bond motifs is 2. The quantitative estimate of drug-likeness (QED) is 0.348. The minimum atomic E-state index is 0.464. The highest BCUT2D eigenvalue weighted by atomic mass is 32.2. The summed E-state index contributed by atoms with van der Waals surface area (Å²) >= 11 is 1.78. The number of thioether (sulfide) groups is 1. The van der Waals surface area contributed by atoms with Crippen molar-refractivity contribution in [2.45, 2.75) is 6.92 Å². The van der Waals surface area contributed by atoms with Gasteiger partial charge >= 0.3 is 0 Å². The molecule has 1 aliphatic heterocycles. The van der Waals surface area contributed by atoms with E-state index in [1.54, 1.807) is 18.0 Å². The van der Waals surface area contributed by atoms with Crippen LogP contribution < -0.4 is 15.0 Å². The van der Waals surface area contributed by atoms with Gasteiger partial charge < -0.3 is 14.9 Å². The van der Waals surface area contributed by atoms with Gasteiger partial charge in [0, 0.05) is 42.2 Å². The van der Waals surface area contributed by atoms with Crippen molar-refractivity contribution in [1.29, 1.82) is 0 Å². The smallest absolute Gasteiger partial charge is 0.269 e. The van der Waals surface area contributed by atoms with Gasteiger partial charge in [-0.05, 0) is 54.6 Å². The molecule has 0 radical (unpaired) electrons. The number of quaternary nitrogens is 1. The van der Waals surface area contributed by atoms with Crippen LogP contribution in [0.25, 0.3) is 16.6 Å². The molecule has 0 amide bonds. The second-order valence-corrected chi connectivity index (χ2v) is 9.79. The number of hydrogen-bond acceptors (Lipinski definition) is 7. The SMILES string of the molecule is Cc1cc([N+]2(C)CCSC2=Nc2ccc3ncnc(N)c3c2)ccc1Oc1ccn2ccnc2c1. The van der Waals surface area contributed by atoms with Crippen molar-refractivity contribution in [3.8, 4) is 11.5 Å². The van der Waals surface area contributed by atoms with Crippen LogP contribution >= 0.6 is 11.8 Å². The molecule has 5 aromatic rings. The fourth-order valence-electron chi connectivity index (χ4n) is 4.32. The minimum absolute atomic E-state index is 0.464. The highest BCUT2D eigenvalue weighted by Gasteiger charge is 2.39. The maximum absolute atomic E-state index is 6.19. The Morgan fingerprint density at radius 1 is 1.06 bits per heavy atom. The molecule has 2 N–H and O–H groups in total. The predicted octanol–water partition coefficient (Wildman–Crippen LogP) is 5.33. The van der Waals surface area contributed by atoms with E-state index in [4.69, 9.17) is 15.5 Å². The van der Waals surface area contributed by atoms with Crippen molar-refractivity contribution in [3.63, 3.8) is 0 Å². The minimum Gasteiger partial charge on any atom is -0.457 e. The first kappa shape index (κ1) is 21.6. The van der Waals surface area contributed by atoms with E-state index in [0.29, 0.717) is 10.3 Å². The molecule has 0 bridgehead atoms. The lowest BCUT2D eigenvalue weighted by atomic mass is 10.1. The van der Waals surface area contributed by atoms with Gasteiger partial charge in [-0.15, -0.1) is 0 Å².